The van der Waals surface area contributed by atoms with E-state index < -0.39 is 11.9 Å². The molecule has 0 spiro atoms. The lowest BCUT2D eigenvalue weighted by molar-refractivity contribution is -0.339. The summed E-state index contributed by atoms with van der Waals surface area (Å²) in [5, 5.41) is 18.5. The summed E-state index contributed by atoms with van der Waals surface area (Å²) >= 11 is 0. The fourth-order valence-corrected chi connectivity index (χ4v) is 4.07. The predicted octanol–water partition coefficient (Wildman–Crippen LogP) is 7.64. The summed E-state index contributed by atoms with van der Waals surface area (Å²) in [7, 11) is 0. The summed E-state index contributed by atoms with van der Waals surface area (Å²) in [6, 6.07) is 7.71. The van der Waals surface area contributed by atoms with Gasteiger partial charge in [0.1, 0.15) is 5.75 Å². The molecule has 0 saturated heterocycles. The van der Waals surface area contributed by atoms with E-state index in [1.165, 1.54) is 70.6 Å². The molecule has 1 atom stereocenters. The highest BCUT2D eigenvalue weighted by Gasteiger charge is 2.35. The van der Waals surface area contributed by atoms with Crippen LogP contribution in [0.25, 0.3) is 0 Å². The Balaban J connectivity index is 0.000000334. The zero-order valence-electron chi connectivity index (χ0n) is 21.3. The first-order valence-electron chi connectivity index (χ1n) is 13.2. The van der Waals surface area contributed by atoms with Crippen LogP contribution in [0.15, 0.2) is 24.3 Å². The van der Waals surface area contributed by atoms with Crippen LogP contribution in [0.3, 0.4) is 0 Å². The molecule has 1 aromatic rings. The number of para-hydroxylation sites is 1. The SMILES string of the molecule is CC(C)OC1(O)CCc2ccccc2O1.CCCCCCCCCCCCCCCC(=O)O. The molecule has 1 aromatic carbocycles. The highest BCUT2D eigenvalue weighted by molar-refractivity contribution is 5.66. The number of aliphatic hydroxyl groups is 1. The van der Waals surface area contributed by atoms with E-state index in [0.717, 1.165) is 24.8 Å². The maximum absolute atomic E-state index is 10.3. The van der Waals surface area contributed by atoms with Crippen LogP contribution in [-0.4, -0.2) is 28.3 Å². The van der Waals surface area contributed by atoms with Gasteiger partial charge in [-0.2, -0.15) is 0 Å². The number of fused-ring (bicyclic) bond motifs is 1. The van der Waals surface area contributed by atoms with E-state index in [1.54, 1.807) is 0 Å². The third-order valence-electron chi connectivity index (χ3n) is 5.87. The van der Waals surface area contributed by atoms with Gasteiger partial charge in [0, 0.05) is 12.8 Å². The van der Waals surface area contributed by atoms with Crippen molar-refractivity contribution in [1.29, 1.82) is 0 Å². The molecule has 0 saturated carbocycles. The van der Waals surface area contributed by atoms with E-state index in [4.69, 9.17) is 14.6 Å². The zero-order valence-corrected chi connectivity index (χ0v) is 21.3. The number of hydrogen-bond donors (Lipinski definition) is 2. The number of unbranched alkanes of at least 4 members (excludes halogenated alkanes) is 12. The predicted molar refractivity (Wildman–Crippen MR) is 135 cm³/mol. The van der Waals surface area contributed by atoms with Crippen molar-refractivity contribution in [3.8, 4) is 5.75 Å². The van der Waals surface area contributed by atoms with Crippen LogP contribution in [0.2, 0.25) is 0 Å². The first-order chi connectivity index (χ1) is 15.9. The number of carbonyl (C=O) groups is 1. The fourth-order valence-electron chi connectivity index (χ4n) is 4.07. The number of benzene rings is 1. The molecule has 0 radical (unpaired) electrons. The van der Waals surface area contributed by atoms with Gasteiger partial charge in [-0.05, 0) is 38.3 Å². The van der Waals surface area contributed by atoms with Crippen LogP contribution in [0.1, 0.15) is 123 Å². The van der Waals surface area contributed by atoms with Crippen LogP contribution >= 0.6 is 0 Å². The second kappa shape index (κ2) is 17.8. The van der Waals surface area contributed by atoms with E-state index in [9.17, 15) is 9.90 Å². The van der Waals surface area contributed by atoms with E-state index in [-0.39, 0.29) is 6.10 Å². The van der Waals surface area contributed by atoms with Crippen molar-refractivity contribution in [3.05, 3.63) is 29.8 Å². The number of aliphatic carboxylic acids is 1. The highest BCUT2D eigenvalue weighted by atomic mass is 16.8. The van der Waals surface area contributed by atoms with E-state index in [1.807, 2.05) is 38.1 Å². The number of carboxylic acid groups (broad SMARTS) is 1. The molecule has 1 aliphatic heterocycles. The zero-order chi connectivity index (χ0) is 24.4. The van der Waals surface area contributed by atoms with Crippen molar-refractivity contribution in [3.63, 3.8) is 0 Å². The number of hydrogen-bond acceptors (Lipinski definition) is 4. The third-order valence-corrected chi connectivity index (χ3v) is 5.87. The highest BCUT2D eigenvalue weighted by Crippen LogP contribution is 2.32. The van der Waals surface area contributed by atoms with Gasteiger partial charge in [0.15, 0.2) is 0 Å². The second-order valence-corrected chi connectivity index (χ2v) is 9.48. The maximum atomic E-state index is 10.3. The lowest BCUT2D eigenvalue weighted by atomic mass is 10.0. The minimum atomic E-state index is -1.46. The summed E-state index contributed by atoms with van der Waals surface area (Å²) in [6.45, 7) is 6.01. The summed E-state index contributed by atoms with van der Waals surface area (Å²) in [5.74, 6) is -1.40. The van der Waals surface area contributed by atoms with Gasteiger partial charge >= 0.3 is 11.9 Å². The van der Waals surface area contributed by atoms with Crippen molar-refractivity contribution in [2.24, 2.45) is 0 Å². The molecule has 0 amide bonds. The minimum Gasteiger partial charge on any atom is -0.481 e. The Kier molecular flexibility index (Phi) is 15.9. The molecular weight excluding hydrogens is 416 g/mol. The molecule has 190 valence electrons. The van der Waals surface area contributed by atoms with Crippen LogP contribution in [-0.2, 0) is 16.0 Å². The Labute approximate surface area is 201 Å². The van der Waals surface area contributed by atoms with Gasteiger partial charge in [-0.1, -0.05) is 102 Å². The average Bonchev–Trinajstić information content (AvgIpc) is 2.76. The molecule has 0 bridgehead atoms. The first kappa shape index (κ1) is 29.4. The molecular formula is C28H48O5. The van der Waals surface area contributed by atoms with Crippen LogP contribution in [0.5, 0.6) is 5.75 Å². The summed E-state index contributed by atoms with van der Waals surface area (Å²) < 4.78 is 10.8. The molecule has 1 heterocycles. The monoisotopic (exact) mass is 464 g/mol. The number of ether oxygens (including phenoxy) is 2. The lowest BCUT2D eigenvalue weighted by Crippen LogP contribution is -2.43. The van der Waals surface area contributed by atoms with Gasteiger partial charge in [0.2, 0.25) is 0 Å². The van der Waals surface area contributed by atoms with Crippen LogP contribution < -0.4 is 4.74 Å². The Morgan fingerprint density at radius 3 is 1.97 bits per heavy atom. The molecule has 0 fully saturated rings. The maximum Gasteiger partial charge on any atom is 0.324 e. The molecule has 33 heavy (non-hydrogen) atoms. The average molecular weight is 465 g/mol. The van der Waals surface area contributed by atoms with Crippen LogP contribution in [0.4, 0.5) is 0 Å². The summed E-state index contributed by atoms with van der Waals surface area (Å²) in [5.41, 5.74) is 1.12. The Hall–Kier alpha value is -1.59. The molecule has 1 aliphatic rings. The van der Waals surface area contributed by atoms with Gasteiger partial charge in [-0.3, -0.25) is 4.79 Å². The second-order valence-electron chi connectivity index (χ2n) is 9.48. The topological polar surface area (TPSA) is 76.0 Å². The molecule has 1 unspecified atom stereocenters. The number of aryl methyl sites for hydroxylation is 1. The van der Waals surface area contributed by atoms with Crippen molar-refractivity contribution in [2.45, 2.75) is 136 Å². The quantitative estimate of drug-likeness (QED) is 0.194. The van der Waals surface area contributed by atoms with Gasteiger partial charge in [0.05, 0.1) is 6.10 Å². The largest absolute Gasteiger partial charge is 0.481 e. The molecule has 0 aromatic heterocycles. The van der Waals surface area contributed by atoms with Gasteiger partial charge in [-0.25, -0.2) is 0 Å². The van der Waals surface area contributed by atoms with E-state index in [2.05, 4.69) is 6.92 Å². The number of rotatable bonds is 16. The molecule has 5 heteroatoms. The smallest absolute Gasteiger partial charge is 0.324 e. The van der Waals surface area contributed by atoms with Crippen molar-refractivity contribution >= 4 is 5.97 Å². The molecule has 5 nitrogen and oxygen atoms in total. The van der Waals surface area contributed by atoms with Gasteiger partial charge in [-0.15, -0.1) is 0 Å². The number of carboxylic acids is 1. The van der Waals surface area contributed by atoms with E-state index >= 15 is 0 Å². The van der Waals surface area contributed by atoms with Gasteiger partial charge < -0.3 is 19.7 Å². The van der Waals surface area contributed by atoms with E-state index in [0.29, 0.717) is 18.6 Å². The third kappa shape index (κ3) is 15.0. The standard InChI is InChI=1S/C16H32O2.C12H16O3/c1-2-3-4-5-6-7-8-9-10-11-12-13-14-15-16(17)18;1-9(2)14-12(13)8-7-10-5-3-4-6-11(10)15-12/h2-15H2,1H3,(H,17,18);3-6,9,13H,7-8H2,1-2H3. The Bertz CT molecular complexity index is 630. The molecule has 0 aliphatic carbocycles. The molecule has 2 rings (SSSR count). The Morgan fingerprint density at radius 2 is 1.45 bits per heavy atom. The van der Waals surface area contributed by atoms with Crippen LogP contribution in [0, 0.1) is 0 Å². The first-order valence-corrected chi connectivity index (χ1v) is 13.2. The summed E-state index contributed by atoms with van der Waals surface area (Å²) in [4.78, 5) is 10.3. The van der Waals surface area contributed by atoms with Crippen molar-refractivity contribution in [2.75, 3.05) is 0 Å². The fraction of sp³-hybridized carbons (Fsp3) is 0.750. The minimum absolute atomic E-state index is 0.0553. The molecule has 2 N–H and O–H groups in total. The lowest BCUT2D eigenvalue weighted by Gasteiger charge is -2.34. The summed E-state index contributed by atoms with van der Waals surface area (Å²) in [6.07, 6.45) is 18.5. The Morgan fingerprint density at radius 1 is 0.939 bits per heavy atom. The normalized spacial score (nSPS) is 17.1. The van der Waals surface area contributed by atoms with Gasteiger partial charge in [0.25, 0.3) is 0 Å². The van der Waals surface area contributed by atoms with Crippen molar-refractivity contribution < 1.29 is 24.5 Å². The van der Waals surface area contributed by atoms with Crippen molar-refractivity contribution in [1.82, 2.24) is 0 Å².